The molecular formula is C16H18FN3O5S. The van der Waals surface area contributed by atoms with Crippen LogP contribution in [0.2, 0.25) is 0 Å². The van der Waals surface area contributed by atoms with Crippen molar-refractivity contribution in [1.29, 1.82) is 0 Å². The fraction of sp³-hybridized carbons (Fsp3) is 0.438. The van der Waals surface area contributed by atoms with Gasteiger partial charge in [0.05, 0.1) is 24.7 Å². The first-order valence-electron chi connectivity index (χ1n) is 8.04. The van der Waals surface area contributed by atoms with E-state index in [0.29, 0.717) is 6.42 Å². The van der Waals surface area contributed by atoms with E-state index in [4.69, 9.17) is 4.74 Å². The molecular weight excluding hydrogens is 365 g/mol. The summed E-state index contributed by atoms with van der Waals surface area (Å²) in [5.41, 5.74) is 0.327. The Morgan fingerprint density at radius 1 is 1.38 bits per heavy atom. The van der Waals surface area contributed by atoms with Crippen molar-refractivity contribution in [1.82, 2.24) is 5.01 Å². The van der Waals surface area contributed by atoms with Gasteiger partial charge in [-0.05, 0) is 18.6 Å². The minimum absolute atomic E-state index is 0.00359. The highest BCUT2D eigenvalue weighted by atomic mass is 32.2. The third kappa shape index (κ3) is 3.85. The summed E-state index contributed by atoms with van der Waals surface area (Å²) in [7, 11) is -1.85. The van der Waals surface area contributed by atoms with Crippen molar-refractivity contribution < 1.29 is 27.1 Å². The van der Waals surface area contributed by atoms with Crippen molar-refractivity contribution in [3.8, 4) is 5.75 Å². The van der Waals surface area contributed by atoms with Crippen LogP contribution in [0.15, 0.2) is 23.3 Å². The Balaban J connectivity index is 1.75. The number of amides is 2. The van der Waals surface area contributed by atoms with Crippen LogP contribution < -0.4 is 10.1 Å². The van der Waals surface area contributed by atoms with Gasteiger partial charge in [0.25, 0.3) is 5.91 Å². The largest absolute Gasteiger partial charge is 0.494 e. The van der Waals surface area contributed by atoms with E-state index in [1.165, 1.54) is 19.2 Å². The van der Waals surface area contributed by atoms with Crippen LogP contribution in [0.1, 0.15) is 19.3 Å². The molecule has 8 nitrogen and oxygen atoms in total. The number of rotatable bonds is 4. The monoisotopic (exact) mass is 383 g/mol. The molecule has 0 aromatic heterocycles. The molecule has 0 unspecified atom stereocenters. The molecule has 0 bridgehead atoms. The highest BCUT2D eigenvalue weighted by molar-refractivity contribution is 7.91. The predicted molar refractivity (Wildman–Crippen MR) is 92.2 cm³/mol. The Bertz CT molecular complexity index is 884. The molecule has 1 atom stereocenters. The fourth-order valence-corrected chi connectivity index (χ4v) is 4.63. The smallest absolute Gasteiger partial charge is 0.271 e. The lowest BCUT2D eigenvalue weighted by atomic mass is 10.1. The lowest BCUT2D eigenvalue weighted by Crippen LogP contribution is -2.42. The molecule has 0 aliphatic carbocycles. The second kappa shape index (κ2) is 7.02. The Morgan fingerprint density at radius 3 is 2.77 bits per heavy atom. The van der Waals surface area contributed by atoms with Crippen LogP contribution in [0.3, 0.4) is 0 Å². The van der Waals surface area contributed by atoms with Crippen LogP contribution in [0.5, 0.6) is 5.75 Å². The van der Waals surface area contributed by atoms with Gasteiger partial charge in [0, 0.05) is 24.6 Å². The number of anilines is 1. The number of nitrogens with one attached hydrogen (secondary N) is 1. The summed E-state index contributed by atoms with van der Waals surface area (Å²) in [6, 6.07) is 3.43. The normalized spacial score (nSPS) is 22.1. The van der Waals surface area contributed by atoms with Crippen molar-refractivity contribution in [2.75, 3.05) is 23.9 Å². The number of ether oxygens (including phenoxy) is 1. The van der Waals surface area contributed by atoms with Gasteiger partial charge in [0.2, 0.25) is 5.91 Å². The highest BCUT2D eigenvalue weighted by Gasteiger charge is 2.37. The first kappa shape index (κ1) is 18.3. The number of hydrazone groups is 1. The summed E-state index contributed by atoms with van der Waals surface area (Å²) in [4.78, 5) is 24.4. The van der Waals surface area contributed by atoms with Crippen molar-refractivity contribution in [3.63, 3.8) is 0 Å². The number of benzene rings is 1. The third-order valence-corrected chi connectivity index (χ3v) is 6.04. The van der Waals surface area contributed by atoms with Gasteiger partial charge in [-0.3, -0.25) is 9.59 Å². The summed E-state index contributed by atoms with van der Waals surface area (Å²) in [5.74, 6) is -1.59. The topological polar surface area (TPSA) is 105 Å². The minimum atomic E-state index is -3.18. The highest BCUT2D eigenvalue weighted by Crippen LogP contribution is 2.23. The Hall–Kier alpha value is -2.49. The SMILES string of the molecule is COc1ccc(NC(=O)C2=NN([C@H]3CCS(=O)(=O)C3)C(=O)CC2)cc1F. The zero-order valence-electron chi connectivity index (χ0n) is 14.1. The van der Waals surface area contributed by atoms with Gasteiger partial charge in [-0.15, -0.1) is 0 Å². The molecule has 3 rings (SSSR count). The number of methoxy groups -OCH3 is 1. The summed E-state index contributed by atoms with van der Waals surface area (Å²) >= 11 is 0. The zero-order valence-corrected chi connectivity index (χ0v) is 14.9. The summed E-state index contributed by atoms with van der Waals surface area (Å²) in [6.07, 6.45) is 0.509. The van der Waals surface area contributed by atoms with Crippen LogP contribution in [0, 0.1) is 5.82 Å². The standard InChI is InChI=1S/C16H18FN3O5S/c1-25-14-4-2-10(8-12(14)17)18-16(22)13-3-5-15(21)20(19-13)11-6-7-26(23,24)9-11/h2,4,8,11H,3,5-7,9H2,1H3,(H,18,22)/t11-/m0/s1. The van der Waals surface area contributed by atoms with E-state index in [-0.39, 0.29) is 47.4 Å². The van der Waals surface area contributed by atoms with E-state index in [0.717, 1.165) is 11.1 Å². The Labute approximate surface area is 149 Å². The third-order valence-electron chi connectivity index (χ3n) is 4.29. The maximum absolute atomic E-state index is 13.7. The molecule has 2 amide bonds. The maximum Gasteiger partial charge on any atom is 0.271 e. The van der Waals surface area contributed by atoms with Crippen molar-refractivity contribution in [2.45, 2.75) is 25.3 Å². The number of hydrogen-bond acceptors (Lipinski definition) is 6. The molecule has 1 aromatic carbocycles. The number of carbonyl (C=O) groups is 2. The summed E-state index contributed by atoms with van der Waals surface area (Å²) in [6.45, 7) is 0. The molecule has 1 N–H and O–H groups in total. The maximum atomic E-state index is 13.7. The van der Waals surface area contributed by atoms with Crippen LogP contribution >= 0.6 is 0 Å². The van der Waals surface area contributed by atoms with Gasteiger partial charge < -0.3 is 10.1 Å². The number of hydrogen-bond donors (Lipinski definition) is 1. The molecule has 1 fully saturated rings. The molecule has 2 aliphatic rings. The average molecular weight is 383 g/mol. The van der Waals surface area contributed by atoms with Crippen LogP contribution in [-0.4, -0.2) is 55.6 Å². The fourth-order valence-electron chi connectivity index (χ4n) is 2.94. The molecule has 0 radical (unpaired) electrons. The van der Waals surface area contributed by atoms with Gasteiger partial charge in [0.1, 0.15) is 5.71 Å². The van der Waals surface area contributed by atoms with E-state index < -0.39 is 27.6 Å². The molecule has 2 aliphatic heterocycles. The quantitative estimate of drug-likeness (QED) is 0.833. The first-order chi connectivity index (χ1) is 12.3. The van der Waals surface area contributed by atoms with E-state index >= 15 is 0 Å². The van der Waals surface area contributed by atoms with Gasteiger partial charge in [-0.1, -0.05) is 0 Å². The molecule has 0 spiro atoms. The van der Waals surface area contributed by atoms with Crippen molar-refractivity contribution in [2.24, 2.45) is 5.10 Å². The molecule has 140 valence electrons. The van der Waals surface area contributed by atoms with Crippen molar-refractivity contribution >= 4 is 33.1 Å². The molecule has 1 saturated heterocycles. The van der Waals surface area contributed by atoms with E-state index in [1.807, 2.05) is 0 Å². The van der Waals surface area contributed by atoms with Gasteiger partial charge in [0.15, 0.2) is 21.4 Å². The second-order valence-corrected chi connectivity index (χ2v) is 8.37. The van der Waals surface area contributed by atoms with Crippen LogP contribution in [0.4, 0.5) is 10.1 Å². The number of halogens is 1. The lowest BCUT2D eigenvalue weighted by molar-refractivity contribution is -0.133. The number of sulfone groups is 1. The zero-order chi connectivity index (χ0) is 18.9. The van der Waals surface area contributed by atoms with E-state index in [1.54, 1.807) is 0 Å². The Morgan fingerprint density at radius 2 is 2.15 bits per heavy atom. The second-order valence-electron chi connectivity index (χ2n) is 6.15. The van der Waals surface area contributed by atoms with E-state index in [9.17, 15) is 22.4 Å². The van der Waals surface area contributed by atoms with Gasteiger partial charge in [-0.2, -0.15) is 5.10 Å². The Kier molecular flexibility index (Phi) is 4.94. The molecule has 10 heteroatoms. The van der Waals surface area contributed by atoms with Crippen molar-refractivity contribution in [3.05, 3.63) is 24.0 Å². The molecule has 2 heterocycles. The average Bonchev–Trinajstić information content (AvgIpc) is 2.95. The van der Waals surface area contributed by atoms with Crippen LogP contribution in [0.25, 0.3) is 0 Å². The van der Waals surface area contributed by atoms with E-state index in [2.05, 4.69) is 10.4 Å². The predicted octanol–water partition coefficient (Wildman–Crippen LogP) is 0.938. The number of carbonyl (C=O) groups excluding carboxylic acids is 2. The minimum Gasteiger partial charge on any atom is -0.494 e. The lowest BCUT2D eigenvalue weighted by Gasteiger charge is -2.27. The molecule has 0 saturated carbocycles. The summed E-state index contributed by atoms with van der Waals surface area (Å²) in [5, 5.41) is 7.70. The van der Waals surface area contributed by atoms with Gasteiger partial charge >= 0.3 is 0 Å². The number of nitrogens with zero attached hydrogens (tertiary/aromatic N) is 2. The summed E-state index contributed by atoms with van der Waals surface area (Å²) < 4.78 is 41.8. The molecule has 1 aromatic rings. The van der Waals surface area contributed by atoms with Crippen LogP contribution in [-0.2, 0) is 19.4 Å². The molecule has 26 heavy (non-hydrogen) atoms. The first-order valence-corrected chi connectivity index (χ1v) is 9.86. The van der Waals surface area contributed by atoms with Gasteiger partial charge in [-0.25, -0.2) is 17.8 Å².